The van der Waals surface area contributed by atoms with Gasteiger partial charge in [-0.2, -0.15) is 8.42 Å². The third kappa shape index (κ3) is 148. The molecule has 0 atom stereocenters. The van der Waals surface area contributed by atoms with Crippen LogP contribution < -0.4 is 0 Å². The van der Waals surface area contributed by atoms with E-state index >= 15 is 0 Å². The first kappa shape index (κ1) is 105. The summed E-state index contributed by atoms with van der Waals surface area (Å²) in [6.07, 6.45) is 0. The van der Waals surface area contributed by atoms with Crippen molar-refractivity contribution in [2.24, 2.45) is 0 Å². The number of rotatable bonds is 0. The fraction of sp³-hybridized carbons (Fsp3) is 0. The molecule has 0 bridgehead atoms. The monoisotopic (exact) mass is 434 g/mol. The van der Waals surface area contributed by atoms with Crippen molar-refractivity contribution in [1.29, 1.82) is 0 Å². The van der Waals surface area contributed by atoms with E-state index in [9.17, 15) is 0 Å². The van der Waals surface area contributed by atoms with E-state index in [-0.39, 0.29) is 414 Å². The van der Waals surface area contributed by atoms with Gasteiger partial charge in [0.2, 0.25) is 0 Å². The van der Waals surface area contributed by atoms with Gasteiger partial charge in [0.05, 0.1) is 0 Å². The fourth-order valence-electron chi connectivity index (χ4n) is 0. The summed E-state index contributed by atoms with van der Waals surface area (Å²) in [6.45, 7) is 0. The minimum absolute atomic E-state index is 0. The molecule has 0 saturated carbocycles. The van der Waals surface area contributed by atoms with Gasteiger partial charge in [0, 0.05) is 0 Å². The Morgan fingerprint density at radius 1 is 0.368 bits per heavy atom. The van der Waals surface area contributed by atoms with Crippen LogP contribution in [-0.4, -0.2) is 431 Å². The van der Waals surface area contributed by atoms with Crippen LogP contribution in [0.5, 0.6) is 0 Å². The van der Waals surface area contributed by atoms with Crippen LogP contribution >= 0.6 is 0 Å². The van der Waals surface area contributed by atoms with Crippen molar-refractivity contribution in [3.8, 4) is 0 Å². The van der Waals surface area contributed by atoms with Crippen LogP contribution in [0, 0.1) is 0 Å². The standard InChI is InChI=1S/14Na.H2O4S.14H/c;;;;;;;;;;;;;;1-5(2,3)4;;;;;;;;;;;;;;/h;;;;;;;;;;;;;;(H2,1,2,3,4);;;;;;;;;;;;;;. The maximum atomic E-state index is 8.74. The molecule has 0 fully saturated rings. The zero-order valence-corrected chi connectivity index (χ0v) is 2.94. The molecule has 0 rings (SSSR count). The molecule has 0 unspecified atom stereocenters. The Labute approximate surface area is 427 Å². The molecule has 4 nitrogen and oxygen atoms in total. The van der Waals surface area contributed by atoms with E-state index in [4.69, 9.17) is 17.5 Å². The Morgan fingerprint density at radius 2 is 0.368 bits per heavy atom. The Bertz CT molecular complexity index is 103. The van der Waals surface area contributed by atoms with Crippen molar-refractivity contribution >= 4 is 424 Å². The molecule has 0 spiro atoms. The zero-order valence-electron chi connectivity index (χ0n) is 2.12. The first-order valence-electron chi connectivity index (χ1n) is 0.698. The topological polar surface area (TPSA) is 74.6 Å². The number of hydrogen-bond donors (Lipinski definition) is 2. The van der Waals surface area contributed by atoms with Crippen LogP contribution in [0.3, 0.4) is 0 Å². The summed E-state index contributed by atoms with van der Waals surface area (Å²) in [4.78, 5) is 0. The van der Waals surface area contributed by atoms with Crippen molar-refractivity contribution in [3.63, 3.8) is 0 Å². The minimum atomic E-state index is -4.67. The molecule has 0 aliphatic heterocycles. The summed E-state index contributed by atoms with van der Waals surface area (Å²) in [5.74, 6) is 0. The van der Waals surface area contributed by atoms with Crippen molar-refractivity contribution < 1.29 is 17.5 Å². The van der Waals surface area contributed by atoms with Crippen LogP contribution in [0.2, 0.25) is 0 Å². The summed E-state index contributed by atoms with van der Waals surface area (Å²) in [5, 5.41) is 0. The Kier molecular flexibility index (Phi) is 423. The molecule has 0 aromatic carbocycles. The van der Waals surface area contributed by atoms with E-state index in [1.165, 1.54) is 0 Å². The molecule has 19 heteroatoms. The summed E-state index contributed by atoms with van der Waals surface area (Å²) in [5.41, 5.74) is 0. The van der Waals surface area contributed by atoms with Gasteiger partial charge >= 0.3 is 424 Å². The van der Waals surface area contributed by atoms with Gasteiger partial charge in [-0.1, -0.05) is 0 Å². The van der Waals surface area contributed by atoms with Crippen LogP contribution in [0.15, 0.2) is 0 Å². The third-order valence-corrected chi connectivity index (χ3v) is 0. The SMILES string of the molecule is O=S(=O)(O)O.[NaH].[NaH].[NaH].[NaH].[NaH].[NaH].[NaH].[NaH].[NaH].[NaH].[NaH].[NaH].[NaH].[NaH]. The average Bonchev–Trinajstić information content (AvgIpc) is 0.722. The van der Waals surface area contributed by atoms with Gasteiger partial charge in [0.25, 0.3) is 0 Å². The zero-order chi connectivity index (χ0) is 4.50. The summed E-state index contributed by atoms with van der Waals surface area (Å²) in [6, 6.07) is 0. The summed E-state index contributed by atoms with van der Waals surface area (Å²) < 4.78 is 31.6. The van der Waals surface area contributed by atoms with Gasteiger partial charge in [0.15, 0.2) is 0 Å². The van der Waals surface area contributed by atoms with Crippen LogP contribution in [0.4, 0.5) is 0 Å². The Hall–Kier alpha value is 13.9. The molecule has 0 aliphatic rings. The molecule has 0 saturated heterocycles. The molecule has 0 amide bonds. The maximum absolute atomic E-state index is 8.74. The molecule has 2 N–H and O–H groups in total. The first-order chi connectivity index (χ1) is 2.00. The van der Waals surface area contributed by atoms with Crippen molar-refractivity contribution in [1.82, 2.24) is 0 Å². The summed E-state index contributed by atoms with van der Waals surface area (Å²) >= 11 is 0. The Morgan fingerprint density at radius 3 is 0.368 bits per heavy atom. The van der Waals surface area contributed by atoms with Crippen molar-refractivity contribution in [2.45, 2.75) is 0 Å². The molecule has 0 radical (unpaired) electrons. The first-order valence-corrected chi connectivity index (χ1v) is 2.10. The van der Waals surface area contributed by atoms with Gasteiger partial charge in [-0.3, -0.25) is 9.11 Å². The predicted molar refractivity (Wildman–Crippen MR) is 114 cm³/mol. The molecule has 0 heterocycles. The van der Waals surface area contributed by atoms with E-state index in [0.29, 0.717) is 0 Å². The number of hydrogen-bond acceptors (Lipinski definition) is 2. The van der Waals surface area contributed by atoms with E-state index in [1.54, 1.807) is 0 Å². The van der Waals surface area contributed by atoms with Gasteiger partial charge in [-0.05, 0) is 0 Å². The second-order valence-electron chi connectivity index (χ2n) is 0.448. The van der Waals surface area contributed by atoms with Gasteiger partial charge < -0.3 is 0 Å². The Balaban J connectivity index is -0.000000000879. The van der Waals surface area contributed by atoms with Gasteiger partial charge in [0.1, 0.15) is 0 Å². The van der Waals surface area contributed by atoms with E-state index in [0.717, 1.165) is 0 Å². The van der Waals surface area contributed by atoms with Crippen LogP contribution in [0.1, 0.15) is 0 Å². The third-order valence-electron chi connectivity index (χ3n) is 0. The normalized spacial score (nSPS) is 3.05. The van der Waals surface area contributed by atoms with E-state index in [1.807, 2.05) is 0 Å². The molecule has 0 aliphatic carbocycles. The second-order valence-corrected chi connectivity index (χ2v) is 1.34. The fourth-order valence-corrected chi connectivity index (χ4v) is 0. The second kappa shape index (κ2) is 76.9. The molecular formula is H16Na14O4S. The van der Waals surface area contributed by atoms with Crippen LogP contribution in [0.25, 0.3) is 0 Å². The molecular weight excluding hydrogens is 418 g/mol. The molecule has 60 valence electrons. The molecule has 0 aromatic rings. The van der Waals surface area contributed by atoms with Crippen molar-refractivity contribution in [3.05, 3.63) is 0 Å². The molecule has 19 heavy (non-hydrogen) atoms. The van der Waals surface area contributed by atoms with Crippen LogP contribution in [-0.2, 0) is 10.4 Å². The predicted octanol–water partition coefficient (Wildman–Crippen LogP) is -9.73. The van der Waals surface area contributed by atoms with Gasteiger partial charge in [-0.25, -0.2) is 0 Å². The quantitative estimate of drug-likeness (QED) is 0.294. The average molecular weight is 434 g/mol. The van der Waals surface area contributed by atoms with E-state index < -0.39 is 10.4 Å². The van der Waals surface area contributed by atoms with E-state index in [2.05, 4.69) is 0 Å². The van der Waals surface area contributed by atoms with Gasteiger partial charge in [-0.15, -0.1) is 0 Å². The summed E-state index contributed by atoms with van der Waals surface area (Å²) in [7, 11) is -4.67. The molecule has 0 aromatic heterocycles. The van der Waals surface area contributed by atoms with Crippen molar-refractivity contribution in [2.75, 3.05) is 0 Å².